The van der Waals surface area contributed by atoms with Gasteiger partial charge in [0.2, 0.25) is 0 Å². The molecule has 6 nitrogen and oxygen atoms in total. The van der Waals surface area contributed by atoms with E-state index in [1.54, 1.807) is 6.92 Å². The lowest BCUT2D eigenvalue weighted by atomic mass is 9.93. The van der Waals surface area contributed by atoms with Gasteiger partial charge in [0, 0.05) is 41.2 Å². The molecular weight excluding hydrogens is 446 g/mol. The van der Waals surface area contributed by atoms with E-state index in [9.17, 15) is 4.79 Å². The topological polar surface area (TPSA) is 63.4 Å². The number of Topliss-reactive ketones (excluding diaryl/α,β-unsaturated/α-hetero) is 1. The molecule has 0 saturated carbocycles. The summed E-state index contributed by atoms with van der Waals surface area (Å²) < 4.78 is 1.84. The van der Waals surface area contributed by atoms with E-state index in [1.165, 1.54) is 5.56 Å². The molecule has 0 atom stereocenters. The number of pyridine rings is 1. The molecule has 5 aromatic rings. The second kappa shape index (κ2) is 9.28. The lowest BCUT2D eigenvalue weighted by Crippen LogP contribution is -2.35. The third-order valence-corrected chi connectivity index (χ3v) is 7.26. The van der Waals surface area contributed by atoms with E-state index in [4.69, 9.17) is 4.98 Å². The minimum atomic E-state index is 0.235. The molecule has 0 aliphatic carbocycles. The maximum Gasteiger partial charge on any atom is 0.165 e. The van der Waals surface area contributed by atoms with Gasteiger partial charge in [-0.15, -0.1) is 0 Å². The van der Waals surface area contributed by atoms with Gasteiger partial charge in [-0.3, -0.25) is 9.69 Å². The lowest BCUT2D eigenvalue weighted by Gasteiger charge is -2.30. The van der Waals surface area contributed by atoms with Crippen LogP contribution in [0.3, 0.4) is 0 Å². The van der Waals surface area contributed by atoms with Crippen molar-refractivity contribution < 1.29 is 4.79 Å². The molecular formula is C30H29N5O. The zero-order valence-electron chi connectivity index (χ0n) is 20.7. The van der Waals surface area contributed by atoms with E-state index in [0.29, 0.717) is 5.78 Å². The van der Waals surface area contributed by atoms with Crippen molar-refractivity contribution in [1.29, 1.82) is 0 Å². The van der Waals surface area contributed by atoms with Gasteiger partial charge in [-0.05, 0) is 57.0 Å². The molecule has 1 saturated heterocycles. The van der Waals surface area contributed by atoms with E-state index < -0.39 is 0 Å². The normalized spacial score (nSPS) is 15.1. The van der Waals surface area contributed by atoms with Crippen LogP contribution < -0.4 is 0 Å². The van der Waals surface area contributed by atoms with Gasteiger partial charge in [-0.1, -0.05) is 54.6 Å². The average molecular weight is 476 g/mol. The van der Waals surface area contributed by atoms with Crippen LogP contribution in [0.25, 0.3) is 39.1 Å². The zero-order chi connectivity index (χ0) is 24.6. The third kappa shape index (κ3) is 4.29. The highest BCUT2D eigenvalue weighted by molar-refractivity contribution is 5.90. The van der Waals surface area contributed by atoms with Gasteiger partial charge in [0.15, 0.2) is 11.3 Å². The zero-order valence-corrected chi connectivity index (χ0v) is 20.7. The maximum atomic E-state index is 11.7. The highest BCUT2D eigenvalue weighted by atomic mass is 16.1. The monoisotopic (exact) mass is 475 g/mol. The number of aryl methyl sites for hydroxylation is 1. The summed E-state index contributed by atoms with van der Waals surface area (Å²) in [6.07, 6.45) is 3.81. The smallest absolute Gasteiger partial charge is 0.165 e. The first-order chi connectivity index (χ1) is 17.5. The molecule has 4 heterocycles. The first-order valence-electron chi connectivity index (χ1n) is 12.6. The summed E-state index contributed by atoms with van der Waals surface area (Å²) in [7, 11) is 0. The molecule has 2 aromatic carbocycles. The Balaban J connectivity index is 1.37. The largest absolute Gasteiger partial charge is 0.300 e. The minimum Gasteiger partial charge on any atom is -0.300 e. The van der Waals surface area contributed by atoms with Crippen LogP contribution in [-0.2, 0) is 11.3 Å². The van der Waals surface area contributed by atoms with Crippen molar-refractivity contribution >= 4 is 22.5 Å². The fraction of sp³-hybridized carbons (Fsp3) is 0.267. The Morgan fingerprint density at radius 1 is 0.972 bits per heavy atom. The number of carbonyl (C=O) groups excluding carboxylic acids is 1. The van der Waals surface area contributed by atoms with Gasteiger partial charge in [-0.2, -0.15) is 9.61 Å². The first kappa shape index (κ1) is 22.6. The number of hydrogen-bond donors (Lipinski definition) is 0. The Morgan fingerprint density at radius 3 is 2.44 bits per heavy atom. The summed E-state index contributed by atoms with van der Waals surface area (Å²) in [6, 6.07) is 23.3. The standard InChI is InChI=1S/C30H29N5O/c1-20-16-28-31-18-26-17-27(24-6-4-3-5-7-24)29(32-30(26)35(28)33-20)25-10-8-22(9-11-25)19-34-14-12-23(13-15-34)21(2)36/h3-11,16-18,23H,12-15,19H2,1-2H3. The van der Waals surface area contributed by atoms with Crippen LogP contribution in [0.15, 0.2) is 72.9 Å². The number of ketones is 1. The van der Waals surface area contributed by atoms with Crippen LogP contribution >= 0.6 is 0 Å². The van der Waals surface area contributed by atoms with Crippen LogP contribution in [0, 0.1) is 12.8 Å². The Kier molecular flexibility index (Phi) is 5.82. The molecule has 0 spiro atoms. The van der Waals surface area contributed by atoms with E-state index in [2.05, 4.69) is 69.6 Å². The quantitative estimate of drug-likeness (QED) is 0.325. The van der Waals surface area contributed by atoms with Gasteiger partial charge < -0.3 is 0 Å². The molecule has 36 heavy (non-hydrogen) atoms. The van der Waals surface area contributed by atoms with Gasteiger partial charge in [0.1, 0.15) is 5.78 Å². The molecule has 0 unspecified atom stereocenters. The Morgan fingerprint density at radius 2 is 1.72 bits per heavy atom. The highest BCUT2D eigenvalue weighted by Gasteiger charge is 2.22. The van der Waals surface area contributed by atoms with Crippen molar-refractivity contribution in [2.75, 3.05) is 13.1 Å². The molecule has 0 N–H and O–H groups in total. The van der Waals surface area contributed by atoms with Crippen LogP contribution in [0.5, 0.6) is 0 Å². The highest BCUT2D eigenvalue weighted by Crippen LogP contribution is 2.33. The number of benzene rings is 2. The number of fused-ring (bicyclic) bond motifs is 3. The summed E-state index contributed by atoms with van der Waals surface area (Å²) in [5.41, 5.74) is 8.00. The first-order valence-corrected chi connectivity index (χ1v) is 12.6. The predicted molar refractivity (Wildman–Crippen MR) is 143 cm³/mol. The molecule has 6 rings (SSSR count). The number of hydrogen-bond acceptors (Lipinski definition) is 5. The van der Waals surface area contributed by atoms with Crippen LogP contribution in [0.2, 0.25) is 0 Å². The summed E-state index contributed by atoms with van der Waals surface area (Å²) in [4.78, 5) is 23.9. The molecule has 1 aliphatic heterocycles. The summed E-state index contributed by atoms with van der Waals surface area (Å²) in [5, 5.41) is 5.60. The van der Waals surface area contributed by atoms with E-state index in [-0.39, 0.29) is 5.92 Å². The number of aromatic nitrogens is 4. The van der Waals surface area contributed by atoms with Gasteiger partial charge in [0.05, 0.1) is 11.4 Å². The van der Waals surface area contributed by atoms with Crippen LogP contribution in [0.1, 0.15) is 31.0 Å². The van der Waals surface area contributed by atoms with Crippen molar-refractivity contribution in [3.8, 4) is 22.4 Å². The van der Waals surface area contributed by atoms with E-state index >= 15 is 0 Å². The Bertz CT molecular complexity index is 1550. The summed E-state index contributed by atoms with van der Waals surface area (Å²) in [5.74, 6) is 0.564. The number of piperidine rings is 1. The van der Waals surface area contributed by atoms with Gasteiger partial charge >= 0.3 is 0 Å². The average Bonchev–Trinajstić information content (AvgIpc) is 3.30. The Hall–Kier alpha value is -3.90. The molecule has 6 heteroatoms. The third-order valence-electron chi connectivity index (χ3n) is 7.26. The van der Waals surface area contributed by atoms with Gasteiger partial charge in [-0.25, -0.2) is 9.97 Å². The molecule has 3 aromatic heterocycles. The fourth-order valence-corrected chi connectivity index (χ4v) is 5.23. The number of carbonyl (C=O) groups is 1. The van der Waals surface area contributed by atoms with Crippen molar-refractivity contribution in [3.63, 3.8) is 0 Å². The second-order valence-electron chi connectivity index (χ2n) is 9.84. The maximum absolute atomic E-state index is 11.7. The minimum absolute atomic E-state index is 0.235. The van der Waals surface area contributed by atoms with E-state index in [0.717, 1.165) is 77.2 Å². The number of nitrogens with zero attached hydrogens (tertiary/aromatic N) is 5. The Labute approximate surface area is 210 Å². The van der Waals surface area contributed by atoms with Crippen molar-refractivity contribution in [3.05, 3.63) is 84.2 Å². The molecule has 0 amide bonds. The number of rotatable bonds is 5. The molecule has 0 bridgehead atoms. The van der Waals surface area contributed by atoms with Crippen molar-refractivity contribution in [2.45, 2.75) is 33.2 Å². The number of likely N-dealkylation sites (tertiary alicyclic amines) is 1. The lowest BCUT2D eigenvalue weighted by molar-refractivity contribution is -0.122. The second-order valence-corrected chi connectivity index (χ2v) is 9.84. The molecule has 1 fully saturated rings. The molecule has 1 aliphatic rings. The summed E-state index contributed by atoms with van der Waals surface area (Å²) >= 11 is 0. The fourth-order valence-electron chi connectivity index (χ4n) is 5.23. The van der Waals surface area contributed by atoms with Crippen LogP contribution in [0.4, 0.5) is 0 Å². The van der Waals surface area contributed by atoms with Gasteiger partial charge in [0.25, 0.3) is 0 Å². The van der Waals surface area contributed by atoms with E-state index in [1.807, 2.05) is 29.8 Å². The SMILES string of the molecule is CC(=O)C1CCN(Cc2ccc(-c3nc4c(cnc5cc(C)nn54)cc3-c3ccccc3)cc2)CC1. The van der Waals surface area contributed by atoms with Crippen molar-refractivity contribution in [1.82, 2.24) is 24.5 Å². The van der Waals surface area contributed by atoms with Crippen molar-refractivity contribution in [2.24, 2.45) is 5.92 Å². The summed E-state index contributed by atoms with van der Waals surface area (Å²) in [6.45, 7) is 6.55. The molecule has 0 radical (unpaired) electrons. The predicted octanol–water partition coefficient (Wildman–Crippen LogP) is 5.72. The molecule has 180 valence electrons. The van der Waals surface area contributed by atoms with Crippen LogP contribution in [-0.4, -0.2) is 43.4 Å².